The zero-order valence-electron chi connectivity index (χ0n) is 7.26. The van der Waals surface area contributed by atoms with Crippen molar-refractivity contribution in [3.63, 3.8) is 0 Å². The lowest BCUT2D eigenvalue weighted by atomic mass is 9.85. The van der Waals surface area contributed by atoms with Crippen molar-refractivity contribution in [1.29, 1.82) is 0 Å². The first-order valence-corrected chi connectivity index (χ1v) is 4.04. The lowest BCUT2D eigenvalue weighted by Crippen LogP contribution is -2.42. The van der Waals surface area contributed by atoms with E-state index in [4.69, 9.17) is 0 Å². The molecule has 2 N–H and O–H groups in total. The summed E-state index contributed by atoms with van der Waals surface area (Å²) in [5, 5.41) is 12.9. The number of hydrogen-bond acceptors (Lipinski definition) is 2. The van der Waals surface area contributed by atoms with E-state index in [9.17, 15) is 5.11 Å². The maximum Gasteiger partial charge on any atom is 0.0631 e. The quantitative estimate of drug-likeness (QED) is 0.634. The minimum Gasteiger partial charge on any atom is -0.390 e. The van der Waals surface area contributed by atoms with Crippen LogP contribution in [0.1, 0.15) is 26.7 Å². The topological polar surface area (TPSA) is 32.3 Å². The average Bonchev–Trinajstić information content (AvgIpc) is 1.88. The molecule has 0 spiro atoms. The van der Waals surface area contributed by atoms with Gasteiger partial charge in [0.05, 0.1) is 5.60 Å². The minimum absolute atomic E-state index is 0. The predicted molar refractivity (Wildman–Crippen MR) is 49.1 cm³/mol. The van der Waals surface area contributed by atoms with Gasteiger partial charge >= 0.3 is 0 Å². The Balaban J connectivity index is 0.000001000. The summed E-state index contributed by atoms with van der Waals surface area (Å²) in [4.78, 5) is 0. The van der Waals surface area contributed by atoms with Gasteiger partial charge in [-0.2, -0.15) is 0 Å². The van der Waals surface area contributed by atoms with Crippen LogP contribution in [0, 0.1) is 5.92 Å². The number of hydrogen-bond donors (Lipinski definition) is 2. The van der Waals surface area contributed by atoms with Gasteiger partial charge in [0.1, 0.15) is 0 Å². The van der Waals surface area contributed by atoms with E-state index >= 15 is 0 Å². The van der Waals surface area contributed by atoms with Gasteiger partial charge in [-0.05, 0) is 39.2 Å². The summed E-state index contributed by atoms with van der Waals surface area (Å²) in [7, 11) is 0. The molecule has 68 valence electrons. The molecule has 0 bridgehead atoms. The maximum atomic E-state index is 9.60. The Bertz CT molecular complexity index is 105. The lowest BCUT2D eigenvalue weighted by Gasteiger charge is -2.32. The van der Waals surface area contributed by atoms with E-state index in [0.717, 1.165) is 19.5 Å². The van der Waals surface area contributed by atoms with Gasteiger partial charge in [-0.3, -0.25) is 0 Å². The van der Waals surface area contributed by atoms with E-state index in [-0.39, 0.29) is 12.4 Å². The fourth-order valence-electron chi connectivity index (χ4n) is 1.45. The Morgan fingerprint density at radius 3 is 2.36 bits per heavy atom. The van der Waals surface area contributed by atoms with Crippen LogP contribution < -0.4 is 5.32 Å². The standard InChI is InChI=1S/C8H17NO.ClH/c1-8(2,10)7-4-3-5-9-6-7;/h7,9-10H,3-6H2,1-2H3;1H/t7-;/m0./s1. The van der Waals surface area contributed by atoms with Crippen LogP contribution in [0.2, 0.25) is 0 Å². The fraction of sp³-hybridized carbons (Fsp3) is 1.00. The van der Waals surface area contributed by atoms with Crippen LogP contribution in [0.15, 0.2) is 0 Å². The summed E-state index contributed by atoms with van der Waals surface area (Å²) in [5.41, 5.74) is -0.493. The zero-order valence-corrected chi connectivity index (χ0v) is 8.08. The minimum atomic E-state index is -0.493. The van der Waals surface area contributed by atoms with Crippen molar-refractivity contribution in [2.45, 2.75) is 32.3 Å². The van der Waals surface area contributed by atoms with Crippen LogP contribution in [0.5, 0.6) is 0 Å². The molecule has 0 aromatic rings. The molecule has 1 fully saturated rings. The second-order valence-corrected chi connectivity index (χ2v) is 3.70. The molecule has 0 aromatic heterocycles. The first kappa shape index (κ1) is 11.2. The molecule has 3 heteroatoms. The second-order valence-electron chi connectivity index (χ2n) is 3.70. The SMILES string of the molecule is CC(C)(O)[C@H]1CCCNC1.Cl. The van der Waals surface area contributed by atoms with E-state index in [1.54, 1.807) is 0 Å². The van der Waals surface area contributed by atoms with Crippen molar-refractivity contribution in [3.8, 4) is 0 Å². The van der Waals surface area contributed by atoms with Crippen molar-refractivity contribution in [1.82, 2.24) is 5.32 Å². The molecular formula is C8H18ClNO. The molecule has 1 atom stereocenters. The van der Waals surface area contributed by atoms with Gasteiger partial charge in [-0.25, -0.2) is 0 Å². The van der Waals surface area contributed by atoms with Crippen LogP contribution in [0.3, 0.4) is 0 Å². The average molecular weight is 180 g/mol. The monoisotopic (exact) mass is 179 g/mol. The molecule has 1 aliphatic heterocycles. The molecule has 2 nitrogen and oxygen atoms in total. The third-order valence-corrected chi connectivity index (χ3v) is 2.30. The van der Waals surface area contributed by atoms with E-state index in [2.05, 4.69) is 5.32 Å². The van der Waals surface area contributed by atoms with Crippen molar-refractivity contribution in [3.05, 3.63) is 0 Å². The molecule has 0 amide bonds. The van der Waals surface area contributed by atoms with E-state index in [1.165, 1.54) is 6.42 Å². The lowest BCUT2D eigenvalue weighted by molar-refractivity contribution is 0.00686. The summed E-state index contributed by atoms with van der Waals surface area (Å²) in [6, 6.07) is 0. The molecule has 11 heavy (non-hydrogen) atoms. The number of nitrogens with one attached hydrogen (secondary N) is 1. The van der Waals surface area contributed by atoms with Crippen molar-refractivity contribution in [2.75, 3.05) is 13.1 Å². The molecule has 0 aliphatic carbocycles. The largest absolute Gasteiger partial charge is 0.390 e. The van der Waals surface area contributed by atoms with Crippen molar-refractivity contribution >= 4 is 12.4 Å². The van der Waals surface area contributed by atoms with Gasteiger partial charge in [-0.15, -0.1) is 12.4 Å². The predicted octanol–water partition coefficient (Wildman–Crippen LogP) is 1.18. The Hall–Kier alpha value is 0.210. The molecule has 1 aliphatic rings. The molecule has 0 aromatic carbocycles. The highest BCUT2D eigenvalue weighted by atomic mass is 35.5. The number of aliphatic hydroxyl groups is 1. The van der Waals surface area contributed by atoms with Gasteiger partial charge in [0.25, 0.3) is 0 Å². The Labute approximate surface area is 74.8 Å². The second kappa shape index (κ2) is 4.29. The van der Waals surface area contributed by atoms with Gasteiger partial charge in [0, 0.05) is 6.54 Å². The highest BCUT2D eigenvalue weighted by Crippen LogP contribution is 2.22. The maximum absolute atomic E-state index is 9.60. The van der Waals surface area contributed by atoms with E-state index in [0.29, 0.717) is 5.92 Å². The zero-order chi connectivity index (χ0) is 7.61. The Morgan fingerprint density at radius 1 is 1.45 bits per heavy atom. The molecule has 0 saturated carbocycles. The smallest absolute Gasteiger partial charge is 0.0631 e. The van der Waals surface area contributed by atoms with Gasteiger partial charge < -0.3 is 10.4 Å². The third-order valence-electron chi connectivity index (χ3n) is 2.30. The first-order chi connectivity index (χ1) is 4.61. The summed E-state index contributed by atoms with van der Waals surface area (Å²) in [6.45, 7) is 5.88. The molecule has 0 radical (unpaired) electrons. The third kappa shape index (κ3) is 3.41. The van der Waals surface area contributed by atoms with Gasteiger partial charge in [0.2, 0.25) is 0 Å². The molecule has 1 rings (SSSR count). The Kier molecular flexibility index (Phi) is 4.37. The van der Waals surface area contributed by atoms with Crippen LogP contribution in [0.4, 0.5) is 0 Å². The summed E-state index contributed by atoms with van der Waals surface area (Å²) < 4.78 is 0. The molecular weight excluding hydrogens is 162 g/mol. The first-order valence-electron chi connectivity index (χ1n) is 4.04. The molecule has 1 heterocycles. The summed E-state index contributed by atoms with van der Waals surface area (Å²) >= 11 is 0. The van der Waals surface area contributed by atoms with Crippen molar-refractivity contribution < 1.29 is 5.11 Å². The summed E-state index contributed by atoms with van der Waals surface area (Å²) in [6.07, 6.45) is 2.37. The highest BCUT2D eigenvalue weighted by molar-refractivity contribution is 5.85. The highest BCUT2D eigenvalue weighted by Gasteiger charge is 2.27. The van der Waals surface area contributed by atoms with E-state index < -0.39 is 5.60 Å². The van der Waals surface area contributed by atoms with Crippen LogP contribution in [-0.2, 0) is 0 Å². The van der Waals surface area contributed by atoms with Crippen LogP contribution in [-0.4, -0.2) is 23.8 Å². The van der Waals surface area contributed by atoms with Crippen LogP contribution in [0.25, 0.3) is 0 Å². The normalized spacial score (nSPS) is 25.9. The fourth-order valence-corrected chi connectivity index (χ4v) is 1.45. The Morgan fingerprint density at radius 2 is 2.09 bits per heavy atom. The molecule has 1 saturated heterocycles. The number of rotatable bonds is 1. The van der Waals surface area contributed by atoms with E-state index in [1.807, 2.05) is 13.8 Å². The molecule has 0 unspecified atom stereocenters. The van der Waals surface area contributed by atoms with Crippen molar-refractivity contribution in [2.24, 2.45) is 5.92 Å². The number of piperidine rings is 1. The van der Waals surface area contributed by atoms with Gasteiger partial charge in [-0.1, -0.05) is 0 Å². The van der Waals surface area contributed by atoms with Crippen LogP contribution >= 0.6 is 12.4 Å². The summed E-state index contributed by atoms with van der Waals surface area (Å²) in [5.74, 6) is 0.446. The van der Waals surface area contributed by atoms with Gasteiger partial charge in [0.15, 0.2) is 0 Å². The number of halogens is 1.